The molecule has 1 aliphatic heterocycles. The van der Waals surface area contributed by atoms with Gasteiger partial charge in [-0.1, -0.05) is 6.42 Å². The summed E-state index contributed by atoms with van der Waals surface area (Å²) in [5, 5.41) is 11.9. The van der Waals surface area contributed by atoms with Crippen LogP contribution in [-0.2, 0) is 9.59 Å². The topological polar surface area (TPSA) is 66.4 Å². The molecule has 2 fully saturated rings. The van der Waals surface area contributed by atoms with E-state index in [1.165, 1.54) is 0 Å². The van der Waals surface area contributed by atoms with Gasteiger partial charge in [-0.25, -0.2) is 0 Å². The Kier molecular flexibility index (Phi) is 3.90. The van der Waals surface area contributed by atoms with Crippen LogP contribution in [0.3, 0.4) is 0 Å². The number of carbonyl (C=O) groups is 2. The van der Waals surface area contributed by atoms with Gasteiger partial charge in [-0.15, -0.1) is 11.8 Å². The second kappa shape index (κ2) is 5.11. The first-order valence-corrected chi connectivity index (χ1v) is 7.59. The van der Waals surface area contributed by atoms with E-state index in [4.69, 9.17) is 5.11 Å². The Morgan fingerprint density at radius 3 is 2.44 bits per heavy atom. The van der Waals surface area contributed by atoms with Gasteiger partial charge in [0.15, 0.2) is 0 Å². The average molecular weight is 271 g/mol. The van der Waals surface area contributed by atoms with Crippen LogP contribution in [0.2, 0.25) is 0 Å². The van der Waals surface area contributed by atoms with Gasteiger partial charge in [-0.2, -0.15) is 0 Å². The molecule has 0 spiro atoms. The monoisotopic (exact) mass is 271 g/mol. The van der Waals surface area contributed by atoms with Crippen LogP contribution in [0, 0.1) is 5.41 Å². The molecule has 1 unspecified atom stereocenters. The maximum absolute atomic E-state index is 12.2. The number of hydrogen-bond donors (Lipinski definition) is 2. The van der Waals surface area contributed by atoms with Crippen LogP contribution < -0.4 is 5.32 Å². The molecule has 5 heteroatoms. The lowest BCUT2D eigenvalue weighted by Crippen LogP contribution is -2.48. The van der Waals surface area contributed by atoms with E-state index in [2.05, 4.69) is 5.32 Å². The highest BCUT2D eigenvalue weighted by Crippen LogP contribution is 2.44. The Labute approximate surface area is 112 Å². The Hall–Kier alpha value is -0.710. The Balaban J connectivity index is 1.86. The van der Waals surface area contributed by atoms with Crippen LogP contribution in [0.15, 0.2) is 0 Å². The molecule has 18 heavy (non-hydrogen) atoms. The quantitative estimate of drug-likeness (QED) is 0.803. The van der Waals surface area contributed by atoms with Crippen LogP contribution in [0.4, 0.5) is 0 Å². The van der Waals surface area contributed by atoms with E-state index < -0.39 is 5.97 Å². The fourth-order valence-electron chi connectivity index (χ4n) is 2.83. The van der Waals surface area contributed by atoms with Gasteiger partial charge in [0.2, 0.25) is 5.91 Å². The second-order valence-electron chi connectivity index (χ2n) is 5.79. The van der Waals surface area contributed by atoms with Crippen LogP contribution >= 0.6 is 11.8 Å². The number of rotatable bonds is 5. The molecule has 4 nitrogen and oxygen atoms in total. The van der Waals surface area contributed by atoms with Gasteiger partial charge in [-0.05, 0) is 43.8 Å². The van der Waals surface area contributed by atoms with E-state index in [0.717, 1.165) is 37.9 Å². The molecule has 2 aliphatic rings. The maximum atomic E-state index is 12.2. The maximum Gasteiger partial charge on any atom is 0.303 e. The molecule has 0 bridgehead atoms. The van der Waals surface area contributed by atoms with Crippen LogP contribution in [0.5, 0.6) is 0 Å². The van der Waals surface area contributed by atoms with E-state index in [1.54, 1.807) is 11.8 Å². The van der Waals surface area contributed by atoms with Gasteiger partial charge >= 0.3 is 5.97 Å². The first kappa shape index (κ1) is 13.7. The largest absolute Gasteiger partial charge is 0.481 e. The van der Waals surface area contributed by atoms with Gasteiger partial charge in [0, 0.05) is 6.54 Å². The molecule has 0 aromatic rings. The molecule has 1 atom stereocenters. The third-order valence-electron chi connectivity index (χ3n) is 4.26. The summed E-state index contributed by atoms with van der Waals surface area (Å²) >= 11 is 1.71. The molecule has 2 rings (SSSR count). The number of hydrogen-bond acceptors (Lipinski definition) is 3. The number of nitrogens with one attached hydrogen (secondary N) is 1. The number of amides is 1. The normalized spacial score (nSPS) is 29.6. The van der Waals surface area contributed by atoms with E-state index >= 15 is 0 Å². The summed E-state index contributed by atoms with van der Waals surface area (Å²) in [6.45, 7) is 2.51. The van der Waals surface area contributed by atoms with Gasteiger partial charge in [0.25, 0.3) is 0 Å². The molecule has 2 N–H and O–H groups in total. The smallest absolute Gasteiger partial charge is 0.303 e. The average Bonchev–Trinajstić information content (AvgIpc) is 2.69. The second-order valence-corrected chi connectivity index (χ2v) is 7.39. The third-order valence-corrected chi connectivity index (χ3v) is 5.78. The third kappa shape index (κ3) is 2.82. The summed E-state index contributed by atoms with van der Waals surface area (Å²) in [4.78, 5) is 23.0. The predicted molar refractivity (Wildman–Crippen MR) is 71.6 cm³/mol. The molecular formula is C13H21NO3S. The number of carbonyl (C=O) groups excluding carboxylic acids is 1. The number of aliphatic carboxylic acids is 1. The van der Waals surface area contributed by atoms with Crippen molar-refractivity contribution in [2.75, 3.05) is 12.3 Å². The van der Waals surface area contributed by atoms with E-state index in [-0.39, 0.29) is 22.5 Å². The Bertz CT molecular complexity index is 346. The minimum atomic E-state index is -0.759. The molecule has 102 valence electrons. The summed E-state index contributed by atoms with van der Waals surface area (Å²) in [6.07, 6.45) is 5.11. The van der Waals surface area contributed by atoms with Crippen molar-refractivity contribution in [1.29, 1.82) is 0 Å². The first-order valence-electron chi connectivity index (χ1n) is 6.60. The van der Waals surface area contributed by atoms with Crippen molar-refractivity contribution in [3.05, 3.63) is 0 Å². The van der Waals surface area contributed by atoms with Gasteiger partial charge in [-0.3, -0.25) is 9.59 Å². The van der Waals surface area contributed by atoms with Crippen LogP contribution in [-0.4, -0.2) is 34.0 Å². The molecule has 1 amide bonds. The van der Waals surface area contributed by atoms with Gasteiger partial charge < -0.3 is 10.4 Å². The van der Waals surface area contributed by atoms with Crippen LogP contribution in [0.1, 0.15) is 45.4 Å². The zero-order valence-corrected chi connectivity index (χ0v) is 11.6. The van der Waals surface area contributed by atoms with Crippen molar-refractivity contribution >= 4 is 23.6 Å². The fraction of sp³-hybridized carbons (Fsp3) is 0.846. The molecule has 1 saturated heterocycles. The minimum Gasteiger partial charge on any atom is -0.481 e. The summed E-state index contributed by atoms with van der Waals surface area (Å²) < 4.78 is -0.297. The summed E-state index contributed by atoms with van der Waals surface area (Å²) in [5.74, 6) is 0.372. The molecular weight excluding hydrogens is 250 g/mol. The SMILES string of the molecule is CC1(C(=O)NCC2(CC(=O)O)CCC2)CCCS1. The Morgan fingerprint density at radius 2 is 2.00 bits per heavy atom. The highest BCUT2D eigenvalue weighted by Gasteiger charge is 2.42. The molecule has 1 saturated carbocycles. The summed E-state index contributed by atoms with van der Waals surface area (Å²) in [5.41, 5.74) is -0.179. The highest BCUT2D eigenvalue weighted by molar-refractivity contribution is 8.01. The van der Waals surface area contributed by atoms with Crippen molar-refractivity contribution in [2.24, 2.45) is 5.41 Å². The lowest BCUT2D eigenvalue weighted by Gasteiger charge is -2.41. The first-order chi connectivity index (χ1) is 8.46. The zero-order chi connectivity index (χ0) is 13.2. The number of carboxylic acid groups (broad SMARTS) is 1. The van der Waals surface area contributed by atoms with E-state index in [1.807, 2.05) is 6.92 Å². The molecule has 0 aromatic carbocycles. The van der Waals surface area contributed by atoms with Crippen molar-refractivity contribution in [3.63, 3.8) is 0 Å². The van der Waals surface area contributed by atoms with Gasteiger partial charge in [0.1, 0.15) is 0 Å². The predicted octanol–water partition coefficient (Wildman–Crippen LogP) is 2.03. The van der Waals surface area contributed by atoms with Crippen molar-refractivity contribution in [1.82, 2.24) is 5.32 Å². The molecule has 1 heterocycles. The van der Waals surface area contributed by atoms with Crippen molar-refractivity contribution < 1.29 is 14.7 Å². The summed E-state index contributed by atoms with van der Waals surface area (Å²) in [7, 11) is 0. The highest BCUT2D eigenvalue weighted by atomic mass is 32.2. The van der Waals surface area contributed by atoms with Crippen molar-refractivity contribution in [3.8, 4) is 0 Å². The molecule has 0 aromatic heterocycles. The molecule has 1 aliphatic carbocycles. The standard InChI is InChI=1S/C13H21NO3S/c1-12(4-3-7-18-12)11(17)14-9-13(5-2-6-13)8-10(15)16/h2-9H2,1H3,(H,14,17)(H,15,16). The lowest BCUT2D eigenvalue weighted by molar-refractivity contribution is -0.142. The Morgan fingerprint density at radius 1 is 1.28 bits per heavy atom. The molecule has 0 radical (unpaired) electrons. The zero-order valence-electron chi connectivity index (χ0n) is 10.8. The van der Waals surface area contributed by atoms with Crippen LogP contribution in [0.25, 0.3) is 0 Å². The minimum absolute atomic E-state index is 0.0849. The van der Waals surface area contributed by atoms with E-state index in [9.17, 15) is 9.59 Å². The fourth-order valence-corrected chi connectivity index (χ4v) is 4.06. The lowest BCUT2D eigenvalue weighted by atomic mass is 9.66. The van der Waals surface area contributed by atoms with E-state index in [0.29, 0.717) is 6.54 Å². The van der Waals surface area contributed by atoms with Crippen molar-refractivity contribution in [2.45, 2.75) is 50.2 Å². The summed E-state index contributed by atoms with van der Waals surface area (Å²) in [6, 6.07) is 0. The van der Waals surface area contributed by atoms with Gasteiger partial charge in [0.05, 0.1) is 11.2 Å². The number of thioether (sulfide) groups is 1. The number of carboxylic acids is 1.